The van der Waals surface area contributed by atoms with E-state index in [4.69, 9.17) is 16.3 Å². The third-order valence-electron chi connectivity index (χ3n) is 2.87. The largest absolute Gasteiger partial charge is 0.487 e. The number of nitrogens with one attached hydrogen (secondary N) is 1. The quantitative estimate of drug-likeness (QED) is 0.746. The van der Waals surface area contributed by atoms with Crippen molar-refractivity contribution in [2.45, 2.75) is 6.61 Å². The molecule has 1 heterocycles. The van der Waals surface area contributed by atoms with Crippen molar-refractivity contribution < 1.29 is 9.13 Å². The van der Waals surface area contributed by atoms with Crippen LogP contribution >= 0.6 is 11.6 Å². The molecular weight excluding hydrogens is 265 g/mol. The first-order valence-corrected chi connectivity index (χ1v) is 6.25. The Labute approximate surface area is 114 Å². The van der Waals surface area contributed by atoms with E-state index in [2.05, 4.69) is 4.98 Å². The molecular formula is C15H11ClFNO. The van der Waals surface area contributed by atoms with Gasteiger partial charge < -0.3 is 9.72 Å². The Bertz CT molecular complexity index is 706. The van der Waals surface area contributed by atoms with Gasteiger partial charge in [0.05, 0.1) is 5.69 Å². The van der Waals surface area contributed by atoms with Crippen molar-refractivity contribution in [3.05, 3.63) is 65.1 Å². The summed E-state index contributed by atoms with van der Waals surface area (Å²) in [5.41, 5.74) is 1.60. The van der Waals surface area contributed by atoms with Crippen LogP contribution in [0.5, 0.6) is 5.75 Å². The maximum Gasteiger partial charge on any atom is 0.132 e. The molecule has 0 saturated carbocycles. The van der Waals surface area contributed by atoms with Gasteiger partial charge in [0, 0.05) is 15.9 Å². The lowest BCUT2D eigenvalue weighted by molar-refractivity contribution is 0.302. The van der Waals surface area contributed by atoms with Gasteiger partial charge in [-0.1, -0.05) is 17.7 Å². The summed E-state index contributed by atoms with van der Waals surface area (Å²) in [5, 5.41) is 1.25. The normalized spacial score (nSPS) is 10.8. The van der Waals surface area contributed by atoms with Gasteiger partial charge in [0.25, 0.3) is 0 Å². The van der Waals surface area contributed by atoms with Crippen LogP contribution in [0, 0.1) is 5.82 Å². The molecule has 0 fully saturated rings. The third kappa shape index (κ3) is 2.56. The van der Waals surface area contributed by atoms with Gasteiger partial charge >= 0.3 is 0 Å². The zero-order valence-electron chi connectivity index (χ0n) is 9.99. The van der Waals surface area contributed by atoms with Crippen LogP contribution in [0.15, 0.2) is 48.5 Å². The van der Waals surface area contributed by atoms with E-state index in [9.17, 15) is 4.39 Å². The standard InChI is InChI=1S/C15H11ClFNO/c16-10-4-6-12(7-5-10)19-9-11-8-13-14(17)2-1-3-15(13)18-11/h1-8,18H,9H2. The molecule has 0 atom stereocenters. The van der Waals surface area contributed by atoms with Crippen molar-refractivity contribution in [3.8, 4) is 5.75 Å². The summed E-state index contributed by atoms with van der Waals surface area (Å²) in [6.07, 6.45) is 0. The molecule has 1 N–H and O–H groups in total. The first-order valence-electron chi connectivity index (χ1n) is 5.87. The second-order valence-corrected chi connectivity index (χ2v) is 4.67. The molecule has 2 aromatic carbocycles. The van der Waals surface area contributed by atoms with Crippen molar-refractivity contribution in [1.82, 2.24) is 4.98 Å². The molecule has 0 bridgehead atoms. The highest BCUT2D eigenvalue weighted by Gasteiger charge is 2.05. The first-order chi connectivity index (χ1) is 9.22. The Morgan fingerprint density at radius 2 is 1.89 bits per heavy atom. The lowest BCUT2D eigenvalue weighted by Gasteiger charge is -2.04. The lowest BCUT2D eigenvalue weighted by atomic mass is 10.2. The van der Waals surface area contributed by atoms with E-state index in [1.807, 2.05) is 6.07 Å². The summed E-state index contributed by atoms with van der Waals surface area (Å²) >= 11 is 5.80. The second-order valence-electron chi connectivity index (χ2n) is 4.24. The summed E-state index contributed by atoms with van der Waals surface area (Å²) in [6, 6.07) is 13.9. The predicted molar refractivity (Wildman–Crippen MR) is 74.0 cm³/mol. The van der Waals surface area contributed by atoms with Gasteiger partial charge in [-0.05, 0) is 42.5 Å². The van der Waals surface area contributed by atoms with Gasteiger partial charge in [0.2, 0.25) is 0 Å². The van der Waals surface area contributed by atoms with Crippen LogP contribution in [-0.2, 0) is 6.61 Å². The zero-order chi connectivity index (χ0) is 13.2. The number of rotatable bonds is 3. The zero-order valence-corrected chi connectivity index (χ0v) is 10.7. The third-order valence-corrected chi connectivity index (χ3v) is 3.13. The number of aromatic nitrogens is 1. The highest BCUT2D eigenvalue weighted by molar-refractivity contribution is 6.30. The molecule has 4 heteroatoms. The smallest absolute Gasteiger partial charge is 0.132 e. The molecule has 0 spiro atoms. The molecule has 0 aliphatic rings. The van der Waals surface area contributed by atoms with Crippen molar-refractivity contribution >= 4 is 22.5 Å². The topological polar surface area (TPSA) is 25.0 Å². The Balaban J connectivity index is 1.78. The summed E-state index contributed by atoms with van der Waals surface area (Å²) in [7, 11) is 0. The number of halogens is 2. The fourth-order valence-corrected chi connectivity index (χ4v) is 2.07. The number of hydrogen-bond acceptors (Lipinski definition) is 1. The van der Waals surface area contributed by atoms with Gasteiger partial charge in [-0.25, -0.2) is 4.39 Å². The van der Waals surface area contributed by atoms with Crippen molar-refractivity contribution in [1.29, 1.82) is 0 Å². The van der Waals surface area contributed by atoms with Crippen molar-refractivity contribution in [2.75, 3.05) is 0 Å². The summed E-state index contributed by atoms with van der Waals surface area (Å²) in [6.45, 7) is 0.357. The fraction of sp³-hybridized carbons (Fsp3) is 0.0667. The summed E-state index contributed by atoms with van der Waals surface area (Å²) < 4.78 is 19.1. The van der Waals surface area contributed by atoms with E-state index < -0.39 is 0 Å². The minimum absolute atomic E-state index is 0.230. The number of benzene rings is 2. The predicted octanol–water partition coefficient (Wildman–Crippen LogP) is 4.54. The number of aromatic amines is 1. The van der Waals surface area contributed by atoms with E-state index in [1.54, 1.807) is 36.4 Å². The molecule has 0 saturated heterocycles. The van der Waals surface area contributed by atoms with E-state index in [0.29, 0.717) is 17.0 Å². The number of H-pyrrole nitrogens is 1. The van der Waals surface area contributed by atoms with E-state index in [0.717, 1.165) is 17.0 Å². The van der Waals surface area contributed by atoms with Gasteiger partial charge in [-0.15, -0.1) is 0 Å². The fourth-order valence-electron chi connectivity index (χ4n) is 1.95. The Kier molecular flexibility index (Phi) is 3.13. The van der Waals surface area contributed by atoms with Crippen LogP contribution in [0.25, 0.3) is 10.9 Å². The molecule has 0 amide bonds. The average Bonchev–Trinajstić information content (AvgIpc) is 2.83. The number of ether oxygens (including phenoxy) is 1. The molecule has 0 radical (unpaired) electrons. The molecule has 19 heavy (non-hydrogen) atoms. The average molecular weight is 276 g/mol. The minimum Gasteiger partial charge on any atom is -0.487 e. The van der Waals surface area contributed by atoms with Gasteiger partial charge in [-0.3, -0.25) is 0 Å². The summed E-state index contributed by atoms with van der Waals surface area (Å²) in [5.74, 6) is 0.495. The number of fused-ring (bicyclic) bond motifs is 1. The molecule has 96 valence electrons. The monoisotopic (exact) mass is 275 g/mol. The Hall–Kier alpha value is -2.00. The number of hydrogen-bond donors (Lipinski definition) is 1. The Morgan fingerprint density at radius 3 is 2.63 bits per heavy atom. The maximum absolute atomic E-state index is 13.5. The second kappa shape index (κ2) is 4.94. The molecule has 0 aliphatic carbocycles. The van der Waals surface area contributed by atoms with Gasteiger partial charge in [0.15, 0.2) is 0 Å². The van der Waals surface area contributed by atoms with Crippen LogP contribution in [0.1, 0.15) is 5.69 Å². The van der Waals surface area contributed by atoms with E-state index in [1.165, 1.54) is 6.07 Å². The van der Waals surface area contributed by atoms with Crippen LogP contribution in [0.2, 0.25) is 5.02 Å². The lowest BCUT2D eigenvalue weighted by Crippen LogP contribution is -1.94. The van der Waals surface area contributed by atoms with E-state index >= 15 is 0 Å². The van der Waals surface area contributed by atoms with Crippen molar-refractivity contribution in [2.24, 2.45) is 0 Å². The molecule has 2 nitrogen and oxygen atoms in total. The van der Waals surface area contributed by atoms with Gasteiger partial charge in [-0.2, -0.15) is 0 Å². The van der Waals surface area contributed by atoms with Crippen molar-refractivity contribution in [3.63, 3.8) is 0 Å². The molecule has 3 rings (SSSR count). The molecule has 1 aromatic heterocycles. The maximum atomic E-state index is 13.5. The Morgan fingerprint density at radius 1 is 1.11 bits per heavy atom. The van der Waals surface area contributed by atoms with Gasteiger partial charge in [0.1, 0.15) is 18.2 Å². The molecule has 0 unspecified atom stereocenters. The van der Waals surface area contributed by atoms with Crippen LogP contribution in [-0.4, -0.2) is 4.98 Å². The molecule has 0 aliphatic heterocycles. The minimum atomic E-state index is -0.230. The highest BCUT2D eigenvalue weighted by Crippen LogP contribution is 2.21. The van der Waals surface area contributed by atoms with E-state index in [-0.39, 0.29) is 5.82 Å². The highest BCUT2D eigenvalue weighted by atomic mass is 35.5. The van der Waals surface area contributed by atoms with Crippen LogP contribution in [0.3, 0.4) is 0 Å². The van der Waals surface area contributed by atoms with Crippen LogP contribution < -0.4 is 4.74 Å². The first kappa shape index (κ1) is 12.1. The SMILES string of the molecule is Fc1cccc2[nH]c(COc3ccc(Cl)cc3)cc12. The summed E-state index contributed by atoms with van der Waals surface area (Å²) in [4.78, 5) is 3.13. The molecule has 3 aromatic rings. The van der Waals surface area contributed by atoms with Crippen LogP contribution in [0.4, 0.5) is 4.39 Å².